The minimum absolute atomic E-state index is 0.0391. The van der Waals surface area contributed by atoms with Crippen LogP contribution in [-0.2, 0) is 17.9 Å². The Hall–Kier alpha value is -2.67. The molecule has 4 rings (SSSR count). The number of aromatic nitrogens is 2. The van der Waals surface area contributed by atoms with Crippen molar-refractivity contribution in [3.8, 4) is 0 Å². The highest BCUT2D eigenvalue weighted by molar-refractivity contribution is 5.94. The van der Waals surface area contributed by atoms with Crippen molar-refractivity contribution in [2.45, 2.75) is 77.5 Å². The molecule has 7 nitrogen and oxygen atoms in total. The third-order valence-corrected chi connectivity index (χ3v) is 7.19. The van der Waals surface area contributed by atoms with Crippen molar-refractivity contribution < 1.29 is 9.59 Å². The van der Waals surface area contributed by atoms with Gasteiger partial charge in [0.25, 0.3) is 5.91 Å². The van der Waals surface area contributed by atoms with Gasteiger partial charge in [-0.05, 0) is 50.4 Å². The summed E-state index contributed by atoms with van der Waals surface area (Å²) >= 11 is 0. The SMILES string of the molecule is CCCn1ccc(C(=O)N2Cc3ccccc3N(C(=O)CC)CCC3CCCC(C2)N3C)n1. The average Bonchev–Trinajstić information content (AvgIpc) is 3.29. The van der Waals surface area contributed by atoms with Gasteiger partial charge in [-0.25, -0.2) is 0 Å². The van der Waals surface area contributed by atoms with Crippen LogP contribution in [0.3, 0.4) is 0 Å². The van der Waals surface area contributed by atoms with E-state index in [1.807, 2.05) is 51.9 Å². The maximum Gasteiger partial charge on any atom is 0.274 e. The minimum atomic E-state index is -0.0391. The van der Waals surface area contributed by atoms with Gasteiger partial charge in [-0.1, -0.05) is 38.5 Å². The lowest BCUT2D eigenvalue weighted by Gasteiger charge is -2.41. The van der Waals surface area contributed by atoms with E-state index in [9.17, 15) is 9.59 Å². The van der Waals surface area contributed by atoms with Crippen LogP contribution in [-0.4, -0.2) is 63.6 Å². The molecule has 1 fully saturated rings. The first-order valence-corrected chi connectivity index (χ1v) is 12.4. The first-order valence-electron chi connectivity index (χ1n) is 12.4. The van der Waals surface area contributed by atoms with E-state index < -0.39 is 0 Å². The molecule has 33 heavy (non-hydrogen) atoms. The topological polar surface area (TPSA) is 61.7 Å². The van der Waals surface area contributed by atoms with Gasteiger partial charge in [0.2, 0.25) is 5.91 Å². The van der Waals surface area contributed by atoms with E-state index in [0.717, 1.165) is 49.9 Å². The summed E-state index contributed by atoms with van der Waals surface area (Å²) in [5.74, 6) is 0.0932. The first kappa shape index (κ1) is 23.5. The monoisotopic (exact) mass is 451 g/mol. The summed E-state index contributed by atoms with van der Waals surface area (Å²) in [4.78, 5) is 33.0. The number of amides is 2. The highest BCUT2D eigenvalue weighted by Gasteiger charge is 2.33. The molecule has 0 spiro atoms. The lowest BCUT2D eigenvalue weighted by atomic mass is 9.93. The van der Waals surface area contributed by atoms with Crippen LogP contribution in [0.1, 0.15) is 68.4 Å². The molecule has 2 aliphatic heterocycles. The summed E-state index contributed by atoms with van der Waals surface area (Å²) in [6.07, 6.45) is 7.65. The Kier molecular flexibility index (Phi) is 7.48. The van der Waals surface area contributed by atoms with Gasteiger partial charge in [0.05, 0.1) is 0 Å². The number of rotatable bonds is 4. The fraction of sp³-hybridized carbons (Fsp3) is 0.577. The Morgan fingerprint density at radius 3 is 2.64 bits per heavy atom. The molecule has 2 aromatic rings. The summed E-state index contributed by atoms with van der Waals surface area (Å²) in [7, 11) is 2.18. The lowest BCUT2D eigenvalue weighted by Crippen LogP contribution is -2.50. The molecule has 178 valence electrons. The molecule has 2 amide bonds. The summed E-state index contributed by atoms with van der Waals surface area (Å²) in [5.41, 5.74) is 2.44. The molecule has 0 N–H and O–H groups in total. The number of nitrogens with zero attached hydrogens (tertiary/aromatic N) is 5. The van der Waals surface area contributed by atoms with E-state index in [4.69, 9.17) is 0 Å². The molecule has 2 atom stereocenters. The van der Waals surface area contributed by atoms with Crippen molar-refractivity contribution in [1.82, 2.24) is 19.6 Å². The normalized spacial score (nSPS) is 21.9. The summed E-state index contributed by atoms with van der Waals surface area (Å²) in [6, 6.07) is 10.6. The number of carbonyl (C=O) groups is 2. The second-order valence-electron chi connectivity index (χ2n) is 9.37. The maximum atomic E-state index is 13.7. The van der Waals surface area contributed by atoms with Crippen molar-refractivity contribution >= 4 is 17.5 Å². The largest absolute Gasteiger partial charge is 0.331 e. The molecular formula is C26H37N5O2. The van der Waals surface area contributed by atoms with Crippen molar-refractivity contribution in [2.24, 2.45) is 0 Å². The standard InChI is InChI=1S/C26H37N5O2/c1-4-15-30-16-14-23(27-30)26(33)29-18-20-9-6-7-12-24(20)31(25(32)5-2)17-13-21-10-8-11-22(19-29)28(21)3/h6-7,9,12,14,16,21-22H,4-5,8,10-11,13,15,17-19H2,1-3H3. The van der Waals surface area contributed by atoms with Crippen LogP contribution in [0.25, 0.3) is 0 Å². The molecule has 3 heterocycles. The summed E-state index contributed by atoms with van der Waals surface area (Å²) < 4.78 is 1.85. The van der Waals surface area contributed by atoms with Crippen molar-refractivity contribution in [3.05, 3.63) is 47.8 Å². The van der Waals surface area contributed by atoms with Gasteiger partial charge in [-0.2, -0.15) is 5.10 Å². The van der Waals surface area contributed by atoms with Crippen LogP contribution in [0.2, 0.25) is 0 Å². The smallest absolute Gasteiger partial charge is 0.274 e. The number of hydrogen-bond acceptors (Lipinski definition) is 4. The number of carbonyl (C=O) groups excluding carboxylic acids is 2. The quantitative estimate of drug-likeness (QED) is 0.707. The van der Waals surface area contributed by atoms with E-state index in [1.54, 1.807) is 0 Å². The molecule has 1 aromatic heterocycles. The zero-order valence-electron chi connectivity index (χ0n) is 20.2. The molecule has 2 unspecified atom stereocenters. The molecule has 1 saturated heterocycles. The lowest BCUT2D eigenvalue weighted by molar-refractivity contribution is -0.118. The van der Waals surface area contributed by atoms with Crippen LogP contribution >= 0.6 is 0 Å². The van der Waals surface area contributed by atoms with Crippen molar-refractivity contribution in [3.63, 3.8) is 0 Å². The summed E-state index contributed by atoms with van der Waals surface area (Å²) in [6.45, 7) is 6.67. The fourth-order valence-electron chi connectivity index (χ4n) is 5.29. The van der Waals surface area contributed by atoms with Crippen LogP contribution in [0.4, 0.5) is 5.69 Å². The zero-order chi connectivity index (χ0) is 23.4. The van der Waals surface area contributed by atoms with Crippen LogP contribution < -0.4 is 4.90 Å². The third kappa shape index (κ3) is 5.13. The maximum absolute atomic E-state index is 13.7. The number of likely N-dealkylation sites (N-methyl/N-ethyl adjacent to an activating group) is 1. The van der Waals surface area contributed by atoms with Crippen molar-refractivity contribution in [1.29, 1.82) is 0 Å². The molecule has 0 aliphatic carbocycles. The first-order chi connectivity index (χ1) is 16.0. The molecule has 2 bridgehead atoms. The van der Waals surface area contributed by atoms with E-state index in [1.165, 1.54) is 0 Å². The Bertz CT molecular complexity index is 971. The van der Waals surface area contributed by atoms with Crippen LogP contribution in [0.15, 0.2) is 36.5 Å². The number of piperidine rings is 1. The molecule has 2 aliphatic rings. The second-order valence-corrected chi connectivity index (χ2v) is 9.37. The molecular weight excluding hydrogens is 414 g/mol. The van der Waals surface area contributed by atoms with Gasteiger partial charge < -0.3 is 9.80 Å². The fourth-order valence-corrected chi connectivity index (χ4v) is 5.29. The molecule has 0 saturated carbocycles. The zero-order valence-corrected chi connectivity index (χ0v) is 20.2. The van der Waals surface area contributed by atoms with Crippen LogP contribution in [0.5, 0.6) is 0 Å². The average molecular weight is 452 g/mol. The van der Waals surface area contributed by atoms with E-state index in [2.05, 4.69) is 30.0 Å². The predicted molar refractivity (Wildman–Crippen MR) is 130 cm³/mol. The van der Waals surface area contributed by atoms with E-state index in [-0.39, 0.29) is 11.8 Å². The number of benzene rings is 1. The highest BCUT2D eigenvalue weighted by atomic mass is 16.2. The second kappa shape index (κ2) is 10.5. The van der Waals surface area contributed by atoms with E-state index in [0.29, 0.717) is 43.8 Å². The number of anilines is 1. The Morgan fingerprint density at radius 1 is 1.06 bits per heavy atom. The summed E-state index contributed by atoms with van der Waals surface area (Å²) in [5, 5.41) is 4.55. The van der Waals surface area contributed by atoms with Gasteiger partial charge >= 0.3 is 0 Å². The number of para-hydroxylation sites is 1. The predicted octanol–water partition coefficient (Wildman–Crippen LogP) is 3.94. The molecule has 0 radical (unpaired) electrons. The van der Waals surface area contributed by atoms with Gasteiger partial charge in [-0.15, -0.1) is 0 Å². The highest BCUT2D eigenvalue weighted by Crippen LogP contribution is 2.30. The molecule has 1 aromatic carbocycles. The Labute approximate surface area is 197 Å². The van der Waals surface area contributed by atoms with Crippen molar-refractivity contribution in [2.75, 3.05) is 25.0 Å². The van der Waals surface area contributed by atoms with E-state index >= 15 is 0 Å². The number of fused-ring (bicyclic) bond motifs is 3. The number of hydrogen-bond donors (Lipinski definition) is 0. The Balaban J connectivity index is 1.72. The van der Waals surface area contributed by atoms with Gasteiger partial charge in [0.15, 0.2) is 0 Å². The van der Waals surface area contributed by atoms with Gasteiger partial charge in [0.1, 0.15) is 5.69 Å². The molecule has 7 heteroatoms. The Morgan fingerprint density at radius 2 is 1.85 bits per heavy atom. The van der Waals surface area contributed by atoms with Gasteiger partial charge in [-0.3, -0.25) is 19.2 Å². The number of aryl methyl sites for hydroxylation is 1. The van der Waals surface area contributed by atoms with Crippen LogP contribution in [0, 0.1) is 0 Å². The third-order valence-electron chi connectivity index (χ3n) is 7.19. The minimum Gasteiger partial charge on any atom is -0.331 e. The van der Waals surface area contributed by atoms with Gasteiger partial charge in [0, 0.05) is 56.6 Å².